The lowest BCUT2D eigenvalue weighted by molar-refractivity contribution is 0.477. The van der Waals surface area contributed by atoms with Crippen LogP contribution < -0.4 is 0 Å². The van der Waals surface area contributed by atoms with Crippen LogP contribution in [0.15, 0.2) is 140 Å². The standard InChI is InChI=1S/C36H24O/c37-34-19-8-7-17-33(34)36-31-15-5-3-13-29(31)35(30-14-4-6-16-32(30)36)26-22-20-25(21-23-26)28-18-9-11-24-10-1-2-12-27(24)28/h1-23,37H. The number of hydrogen-bond acceptors (Lipinski definition) is 1. The fraction of sp³-hybridized carbons (Fsp3) is 0. The van der Waals surface area contributed by atoms with Crippen LogP contribution in [0, 0.1) is 0 Å². The summed E-state index contributed by atoms with van der Waals surface area (Å²) in [5.74, 6) is 0.296. The van der Waals surface area contributed by atoms with E-state index in [0.717, 1.165) is 21.9 Å². The summed E-state index contributed by atoms with van der Waals surface area (Å²) in [6, 6.07) is 48.7. The molecular formula is C36H24O. The summed E-state index contributed by atoms with van der Waals surface area (Å²) >= 11 is 0. The van der Waals surface area contributed by atoms with E-state index >= 15 is 0 Å². The van der Waals surface area contributed by atoms with E-state index < -0.39 is 0 Å². The van der Waals surface area contributed by atoms with Gasteiger partial charge in [-0.3, -0.25) is 0 Å². The van der Waals surface area contributed by atoms with Crippen LogP contribution in [-0.4, -0.2) is 5.11 Å². The summed E-state index contributed by atoms with van der Waals surface area (Å²) in [5.41, 5.74) is 6.78. The van der Waals surface area contributed by atoms with Crippen LogP contribution in [-0.2, 0) is 0 Å². The maximum Gasteiger partial charge on any atom is 0.123 e. The summed E-state index contributed by atoms with van der Waals surface area (Å²) in [5, 5.41) is 17.9. The zero-order valence-corrected chi connectivity index (χ0v) is 20.2. The topological polar surface area (TPSA) is 20.2 Å². The average Bonchev–Trinajstić information content (AvgIpc) is 2.96. The number of aromatic hydroxyl groups is 1. The number of phenols is 1. The molecule has 0 unspecified atom stereocenters. The van der Waals surface area contributed by atoms with Gasteiger partial charge in [-0.2, -0.15) is 0 Å². The Labute approximate surface area is 215 Å². The van der Waals surface area contributed by atoms with E-state index in [4.69, 9.17) is 0 Å². The van der Waals surface area contributed by atoms with Gasteiger partial charge in [-0.05, 0) is 60.6 Å². The second-order valence-electron chi connectivity index (χ2n) is 9.46. The molecular weight excluding hydrogens is 448 g/mol. The highest BCUT2D eigenvalue weighted by molar-refractivity contribution is 6.21. The number of rotatable bonds is 3. The van der Waals surface area contributed by atoms with Crippen molar-refractivity contribution < 1.29 is 5.11 Å². The van der Waals surface area contributed by atoms with Crippen molar-refractivity contribution >= 4 is 32.3 Å². The molecule has 0 spiro atoms. The number of fused-ring (bicyclic) bond motifs is 3. The van der Waals surface area contributed by atoms with E-state index in [1.165, 1.54) is 43.8 Å². The van der Waals surface area contributed by atoms with E-state index in [9.17, 15) is 5.11 Å². The first-order chi connectivity index (χ1) is 18.3. The van der Waals surface area contributed by atoms with Gasteiger partial charge in [0.25, 0.3) is 0 Å². The summed E-state index contributed by atoms with van der Waals surface area (Å²) in [6.07, 6.45) is 0. The van der Waals surface area contributed by atoms with Crippen molar-refractivity contribution in [2.24, 2.45) is 0 Å². The molecule has 0 aliphatic heterocycles. The van der Waals surface area contributed by atoms with E-state index in [0.29, 0.717) is 5.75 Å². The molecule has 0 fully saturated rings. The van der Waals surface area contributed by atoms with Gasteiger partial charge in [-0.15, -0.1) is 0 Å². The first kappa shape index (κ1) is 21.4. The molecule has 0 aromatic heterocycles. The van der Waals surface area contributed by atoms with Gasteiger partial charge in [0.05, 0.1) is 0 Å². The minimum Gasteiger partial charge on any atom is -0.507 e. The van der Waals surface area contributed by atoms with Crippen molar-refractivity contribution in [3.63, 3.8) is 0 Å². The molecule has 0 aliphatic carbocycles. The molecule has 174 valence electrons. The first-order valence-corrected chi connectivity index (χ1v) is 12.6. The molecule has 0 radical (unpaired) electrons. The molecule has 0 aliphatic rings. The van der Waals surface area contributed by atoms with Crippen molar-refractivity contribution in [3.8, 4) is 39.1 Å². The summed E-state index contributed by atoms with van der Waals surface area (Å²) < 4.78 is 0. The molecule has 7 aromatic carbocycles. The quantitative estimate of drug-likeness (QED) is 0.254. The Morgan fingerprint density at radius 1 is 0.324 bits per heavy atom. The van der Waals surface area contributed by atoms with Gasteiger partial charge >= 0.3 is 0 Å². The van der Waals surface area contributed by atoms with Crippen LogP contribution in [0.3, 0.4) is 0 Å². The highest BCUT2D eigenvalue weighted by atomic mass is 16.3. The zero-order chi connectivity index (χ0) is 24.8. The molecule has 0 atom stereocenters. The molecule has 1 heteroatoms. The van der Waals surface area contributed by atoms with Gasteiger partial charge in [0, 0.05) is 11.1 Å². The van der Waals surface area contributed by atoms with Gasteiger partial charge in [0.15, 0.2) is 0 Å². The van der Waals surface area contributed by atoms with Crippen LogP contribution >= 0.6 is 0 Å². The van der Waals surface area contributed by atoms with Crippen LogP contribution in [0.25, 0.3) is 65.7 Å². The predicted molar refractivity (Wildman–Crippen MR) is 157 cm³/mol. The van der Waals surface area contributed by atoms with Crippen molar-refractivity contribution in [1.29, 1.82) is 0 Å². The average molecular weight is 473 g/mol. The normalized spacial score (nSPS) is 11.4. The Morgan fingerprint density at radius 2 is 0.784 bits per heavy atom. The monoisotopic (exact) mass is 472 g/mol. The lowest BCUT2D eigenvalue weighted by Gasteiger charge is -2.18. The molecule has 1 nitrogen and oxygen atoms in total. The fourth-order valence-corrected chi connectivity index (χ4v) is 5.71. The molecule has 0 heterocycles. The molecule has 0 saturated carbocycles. The highest BCUT2D eigenvalue weighted by Gasteiger charge is 2.18. The molecule has 0 amide bonds. The van der Waals surface area contributed by atoms with Crippen molar-refractivity contribution in [3.05, 3.63) is 140 Å². The molecule has 7 aromatic rings. The molecule has 7 rings (SSSR count). The minimum atomic E-state index is 0.296. The Hall–Kier alpha value is -4.88. The summed E-state index contributed by atoms with van der Waals surface area (Å²) in [6.45, 7) is 0. The lowest BCUT2D eigenvalue weighted by atomic mass is 9.85. The maximum atomic E-state index is 10.8. The second kappa shape index (κ2) is 8.65. The Balaban J connectivity index is 1.48. The Kier molecular flexibility index (Phi) is 5.01. The van der Waals surface area contributed by atoms with Crippen molar-refractivity contribution in [1.82, 2.24) is 0 Å². The molecule has 37 heavy (non-hydrogen) atoms. The fourth-order valence-electron chi connectivity index (χ4n) is 5.71. The SMILES string of the molecule is Oc1ccccc1-c1c2ccccc2c(-c2ccc(-c3cccc4ccccc34)cc2)c2ccccc12. The summed E-state index contributed by atoms with van der Waals surface area (Å²) in [7, 11) is 0. The number of para-hydroxylation sites is 1. The number of hydrogen-bond donors (Lipinski definition) is 1. The third-order valence-electron chi connectivity index (χ3n) is 7.38. The lowest BCUT2D eigenvalue weighted by Crippen LogP contribution is -1.91. The van der Waals surface area contributed by atoms with Gasteiger partial charge in [0.1, 0.15) is 5.75 Å². The second-order valence-corrected chi connectivity index (χ2v) is 9.46. The number of benzene rings is 7. The molecule has 0 saturated heterocycles. The third kappa shape index (κ3) is 3.48. The van der Waals surface area contributed by atoms with Gasteiger partial charge in [0.2, 0.25) is 0 Å². The Bertz CT molecular complexity index is 1870. The summed E-state index contributed by atoms with van der Waals surface area (Å²) in [4.78, 5) is 0. The number of phenolic OH excluding ortho intramolecular Hbond substituents is 1. The van der Waals surface area contributed by atoms with Crippen LogP contribution in [0.2, 0.25) is 0 Å². The highest BCUT2D eigenvalue weighted by Crippen LogP contribution is 2.45. The van der Waals surface area contributed by atoms with Gasteiger partial charge < -0.3 is 5.11 Å². The first-order valence-electron chi connectivity index (χ1n) is 12.6. The minimum absolute atomic E-state index is 0.296. The third-order valence-corrected chi connectivity index (χ3v) is 7.38. The van der Waals surface area contributed by atoms with E-state index in [2.05, 4.69) is 115 Å². The molecule has 1 N–H and O–H groups in total. The predicted octanol–water partition coefficient (Wildman–Crippen LogP) is 9.85. The largest absolute Gasteiger partial charge is 0.507 e. The van der Waals surface area contributed by atoms with Gasteiger partial charge in [-0.25, -0.2) is 0 Å². The van der Waals surface area contributed by atoms with E-state index in [1.54, 1.807) is 6.07 Å². The van der Waals surface area contributed by atoms with Crippen LogP contribution in [0.5, 0.6) is 5.75 Å². The molecule has 0 bridgehead atoms. The van der Waals surface area contributed by atoms with E-state index in [-0.39, 0.29) is 0 Å². The zero-order valence-electron chi connectivity index (χ0n) is 20.2. The van der Waals surface area contributed by atoms with E-state index in [1.807, 2.05) is 18.2 Å². The van der Waals surface area contributed by atoms with Crippen molar-refractivity contribution in [2.75, 3.05) is 0 Å². The van der Waals surface area contributed by atoms with Crippen molar-refractivity contribution in [2.45, 2.75) is 0 Å². The van der Waals surface area contributed by atoms with Crippen LogP contribution in [0.4, 0.5) is 0 Å². The maximum absolute atomic E-state index is 10.8. The van der Waals surface area contributed by atoms with Gasteiger partial charge in [-0.1, -0.05) is 133 Å². The smallest absolute Gasteiger partial charge is 0.123 e. The van der Waals surface area contributed by atoms with Crippen LogP contribution in [0.1, 0.15) is 0 Å². The Morgan fingerprint density at radius 3 is 1.43 bits per heavy atom.